The predicted octanol–water partition coefficient (Wildman–Crippen LogP) is 3.07. The lowest BCUT2D eigenvalue weighted by atomic mass is 9.95. The van der Waals surface area contributed by atoms with Crippen LogP contribution >= 0.6 is 0 Å². The van der Waals surface area contributed by atoms with E-state index in [4.69, 9.17) is 0 Å². The monoisotopic (exact) mass is 211 g/mol. The highest BCUT2D eigenvalue weighted by atomic mass is 16.2. The second-order valence-electron chi connectivity index (χ2n) is 5.89. The Labute approximate surface area is 94.0 Å². The number of rotatable bonds is 3. The molecule has 1 rings (SSSR count). The van der Waals surface area contributed by atoms with Gasteiger partial charge >= 0.3 is 0 Å². The molecule has 0 heterocycles. The standard InChI is InChI=1S/C13H25NO/c1-5-14(10-13(2,3)4)12(15)11-8-6-7-9-11/h11H,5-10H2,1-4H3. The molecule has 0 saturated heterocycles. The SMILES string of the molecule is CCN(CC(C)(C)C)C(=O)C1CCCC1. The Morgan fingerprint density at radius 2 is 1.80 bits per heavy atom. The maximum absolute atomic E-state index is 12.2. The van der Waals surface area contributed by atoms with Crippen LogP contribution in [0.15, 0.2) is 0 Å². The van der Waals surface area contributed by atoms with Crippen LogP contribution in [0.3, 0.4) is 0 Å². The normalized spacial score (nSPS) is 18.1. The fourth-order valence-corrected chi connectivity index (χ4v) is 2.35. The molecule has 0 radical (unpaired) electrons. The molecule has 1 aliphatic carbocycles. The van der Waals surface area contributed by atoms with Crippen molar-refractivity contribution >= 4 is 5.91 Å². The summed E-state index contributed by atoms with van der Waals surface area (Å²) in [5.74, 6) is 0.720. The molecule has 88 valence electrons. The van der Waals surface area contributed by atoms with E-state index in [2.05, 4.69) is 27.7 Å². The molecular formula is C13H25NO. The molecule has 1 aliphatic rings. The Hall–Kier alpha value is -0.530. The molecule has 0 N–H and O–H groups in total. The summed E-state index contributed by atoms with van der Waals surface area (Å²) >= 11 is 0. The molecule has 0 unspecified atom stereocenters. The van der Waals surface area contributed by atoms with E-state index in [-0.39, 0.29) is 5.41 Å². The van der Waals surface area contributed by atoms with Gasteiger partial charge in [0.15, 0.2) is 0 Å². The van der Waals surface area contributed by atoms with Crippen molar-refractivity contribution in [2.75, 3.05) is 13.1 Å². The van der Waals surface area contributed by atoms with Gasteiger partial charge in [0.25, 0.3) is 0 Å². The van der Waals surface area contributed by atoms with Crippen LogP contribution < -0.4 is 0 Å². The first kappa shape index (κ1) is 12.5. The molecule has 0 aliphatic heterocycles. The third-order valence-corrected chi connectivity index (χ3v) is 3.06. The van der Waals surface area contributed by atoms with Crippen LogP contribution in [0.2, 0.25) is 0 Å². The number of nitrogens with zero attached hydrogens (tertiary/aromatic N) is 1. The minimum atomic E-state index is 0.213. The van der Waals surface area contributed by atoms with Gasteiger partial charge in [0.1, 0.15) is 0 Å². The van der Waals surface area contributed by atoms with Gasteiger partial charge in [-0.05, 0) is 25.2 Å². The summed E-state index contributed by atoms with van der Waals surface area (Å²) in [6.07, 6.45) is 4.70. The molecule has 0 aromatic rings. The summed E-state index contributed by atoms with van der Waals surface area (Å²) in [5.41, 5.74) is 0.213. The number of amides is 1. The highest BCUT2D eigenvalue weighted by Crippen LogP contribution is 2.27. The Kier molecular flexibility index (Phi) is 4.18. The van der Waals surface area contributed by atoms with E-state index in [1.165, 1.54) is 12.8 Å². The summed E-state index contributed by atoms with van der Waals surface area (Å²) in [6, 6.07) is 0. The minimum Gasteiger partial charge on any atom is -0.342 e. The van der Waals surface area contributed by atoms with E-state index in [9.17, 15) is 4.79 Å². The van der Waals surface area contributed by atoms with Crippen LogP contribution in [-0.4, -0.2) is 23.9 Å². The van der Waals surface area contributed by atoms with Gasteiger partial charge in [0.2, 0.25) is 5.91 Å². The van der Waals surface area contributed by atoms with Crippen molar-refractivity contribution in [3.05, 3.63) is 0 Å². The molecule has 1 amide bonds. The topological polar surface area (TPSA) is 20.3 Å². The largest absolute Gasteiger partial charge is 0.342 e. The third kappa shape index (κ3) is 3.84. The summed E-state index contributed by atoms with van der Waals surface area (Å²) < 4.78 is 0. The molecular weight excluding hydrogens is 186 g/mol. The van der Waals surface area contributed by atoms with Crippen LogP contribution in [0.25, 0.3) is 0 Å². The summed E-state index contributed by atoms with van der Waals surface area (Å²) in [5, 5.41) is 0. The fraction of sp³-hybridized carbons (Fsp3) is 0.923. The van der Waals surface area contributed by atoms with Crippen molar-refractivity contribution < 1.29 is 4.79 Å². The average molecular weight is 211 g/mol. The van der Waals surface area contributed by atoms with Gasteiger partial charge in [-0.1, -0.05) is 33.6 Å². The zero-order valence-electron chi connectivity index (χ0n) is 10.7. The van der Waals surface area contributed by atoms with Gasteiger partial charge in [-0.25, -0.2) is 0 Å². The number of hydrogen-bond acceptors (Lipinski definition) is 1. The lowest BCUT2D eigenvalue weighted by molar-refractivity contribution is -0.136. The maximum atomic E-state index is 12.2. The first-order valence-electron chi connectivity index (χ1n) is 6.23. The van der Waals surface area contributed by atoms with Gasteiger partial charge in [0, 0.05) is 19.0 Å². The van der Waals surface area contributed by atoms with Crippen LogP contribution in [0.1, 0.15) is 53.4 Å². The number of hydrogen-bond donors (Lipinski definition) is 0. The Morgan fingerprint density at radius 3 is 2.20 bits per heavy atom. The molecule has 1 saturated carbocycles. The van der Waals surface area contributed by atoms with E-state index >= 15 is 0 Å². The predicted molar refractivity (Wildman–Crippen MR) is 63.7 cm³/mol. The molecule has 15 heavy (non-hydrogen) atoms. The van der Waals surface area contributed by atoms with E-state index in [1.54, 1.807) is 0 Å². The summed E-state index contributed by atoms with van der Waals surface area (Å²) in [4.78, 5) is 14.2. The lowest BCUT2D eigenvalue weighted by Gasteiger charge is -2.31. The molecule has 2 heteroatoms. The van der Waals surface area contributed by atoms with Crippen molar-refractivity contribution in [3.63, 3.8) is 0 Å². The number of carbonyl (C=O) groups excluding carboxylic acids is 1. The van der Waals surface area contributed by atoms with Gasteiger partial charge in [0.05, 0.1) is 0 Å². The highest BCUT2D eigenvalue weighted by molar-refractivity contribution is 5.79. The van der Waals surface area contributed by atoms with Gasteiger partial charge in [-0.15, -0.1) is 0 Å². The van der Waals surface area contributed by atoms with Crippen molar-refractivity contribution in [2.45, 2.75) is 53.4 Å². The molecule has 0 bridgehead atoms. The zero-order valence-corrected chi connectivity index (χ0v) is 10.7. The summed E-state index contributed by atoms with van der Waals surface area (Å²) in [6.45, 7) is 10.4. The van der Waals surface area contributed by atoms with E-state index < -0.39 is 0 Å². The van der Waals surface area contributed by atoms with Crippen molar-refractivity contribution in [1.29, 1.82) is 0 Å². The molecule has 0 atom stereocenters. The average Bonchev–Trinajstić information content (AvgIpc) is 2.64. The Bertz CT molecular complexity index is 211. The van der Waals surface area contributed by atoms with Crippen LogP contribution in [0.4, 0.5) is 0 Å². The minimum absolute atomic E-state index is 0.213. The van der Waals surface area contributed by atoms with Crippen molar-refractivity contribution in [3.8, 4) is 0 Å². The fourth-order valence-electron chi connectivity index (χ4n) is 2.35. The van der Waals surface area contributed by atoms with E-state index in [0.29, 0.717) is 11.8 Å². The number of carbonyl (C=O) groups is 1. The Balaban J connectivity index is 2.53. The summed E-state index contributed by atoms with van der Waals surface area (Å²) in [7, 11) is 0. The second kappa shape index (κ2) is 5.00. The first-order chi connectivity index (χ1) is 6.94. The highest BCUT2D eigenvalue weighted by Gasteiger charge is 2.28. The molecule has 0 aromatic carbocycles. The van der Waals surface area contributed by atoms with Gasteiger partial charge in [-0.3, -0.25) is 4.79 Å². The lowest BCUT2D eigenvalue weighted by Crippen LogP contribution is -2.40. The van der Waals surface area contributed by atoms with Crippen LogP contribution in [0, 0.1) is 11.3 Å². The van der Waals surface area contributed by atoms with Crippen LogP contribution in [0.5, 0.6) is 0 Å². The van der Waals surface area contributed by atoms with E-state index in [0.717, 1.165) is 25.9 Å². The molecule has 1 fully saturated rings. The van der Waals surface area contributed by atoms with Gasteiger partial charge in [-0.2, -0.15) is 0 Å². The van der Waals surface area contributed by atoms with Gasteiger partial charge < -0.3 is 4.90 Å². The zero-order chi connectivity index (χ0) is 11.5. The first-order valence-corrected chi connectivity index (χ1v) is 6.23. The second-order valence-corrected chi connectivity index (χ2v) is 5.89. The smallest absolute Gasteiger partial charge is 0.225 e. The third-order valence-electron chi connectivity index (χ3n) is 3.06. The molecule has 2 nitrogen and oxygen atoms in total. The maximum Gasteiger partial charge on any atom is 0.225 e. The van der Waals surface area contributed by atoms with Crippen molar-refractivity contribution in [1.82, 2.24) is 4.90 Å². The van der Waals surface area contributed by atoms with Crippen LogP contribution in [-0.2, 0) is 4.79 Å². The molecule has 0 aromatic heterocycles. The van der Waals surface area contributed by atoms with E-state index in [1.807, 2.05) is 4.90 Å². The Morgan fingerprint density at radius 1 is 1.27 bits per heavy atom. The van der Waals surface area contributed by atoms with Crippen molar-refractivity contribution in [2.24, 2.45) is 11.3 Å². The quantitative estimate of drug-likeness (QED) is 0.702. The molecule has 0 spiro atoms.